The summed E-state index contributed by atoms with van der Waals surface area (Å²) in [6, 6.07) is 9.70. The van der Waals surface area contributed by atoms with Crippen molar-refractivity contribution in [2.45, 2.75) is 12.5 Å². The number of benzene rings is 2. The van der Waals surface area contributed by atoms with Gasteiger partial charge >= 0.3 is 0 Å². The van der Waals surface area contributed by atoms with Gasteiger partial charge in [-0.05, 0) is 48.0 Å². The number of hydrogen-bond donors (Lipinski definition) is 3. The van der Waals surface area contributed by atoms with Crippen LogP contribution in [0.2, 0.25) is 0 Å². The van der Waals surface area contributed by atoms with Gasteiger partial charge in [-0.15, -0.1) is 0 Å². The second kappa shape index (κ2) is 9.50. The van der Waals surface area contributed by atoms with Crippen LogP contribution in [0.5, 0.6) is 11.5 Å². The highest BCUT2D eigenvalue weighted by Gasteiger charge is 2.28. The zero-order valence-corrected chi connectivity index (χ0v) is 16.3. The predicted molar refractivity (Wildman–Crippen MR) is 109 cm³/mol. The average molecular weight is 413 g/mol. The van der Waals surface area contributed by atoms with Gasteiger partial charge in [0, 0.05) is 5.69 Å². The van der Waals surface area contributed by atoms with Crippen molar-refractivity contribution in [3.63, 3.8) is 0 Å². The third-order valence-electron chi connectivity index (χ3n) is 4.13. The Labute approximate surface area is 172 Å². The lowest BCUT2D eigenvalue weighted by molar-refractivity contribution is -0.123. The molecule has 0 radical (unpaired) electrons. The third kappa shape index (κ3) is 5.31. The molecule has 2 aromatic rings. The van der Waals surface area contributed by atoms with E-state index in [2.05, 4.69) is 26.2 Å². The van der Waals surface area contributed by atoms with Crippen LogP contribution in [-0.2, 0) is 9.59 Å². The molecule has 1 aliphatic rings. The van der Waals surface area contributed by atoms with Crippen LogP contribution >= 0.6 is 0 Å². The topological polar surface area (TPSA) is 113 Å². The number of amides is 2. The van der Waals surface area contributed by atoms with Gasteiger partial charge in [-0.25, -0.2) is 14.8 Å². The van der Waals surface area contributed by atoms with Gasteiger partial charge < -0.3 is 14.8 Å². The first-order valence-corrected chi connectivity index (χ1v) is 8.93. The summed E-state index contributed by atoms with van der Waals surface area (Å²) in [6.07, 6.45) is 1.36. The Kier molecular flexibility index (Phi) is 6.58. The number of guanidine groups is 1. The van der Waals surface area contributed by atoms with E-state index in [1.807, 2.05) is 0 Å². The van der Waals surface area contributed by atoms with Crippen LogP contribution in [0.4, 0.5) is 10.1 Å². The van der Waals surface area contributed by atoms with Crippen molar-refractivity contribution in [3.8, 4) is 11.5 Å². The van der Waals surface area contributed by atoms with Gasteiger partial charge in [-0.3, -0.25) is 14.9 Å². The quantitative estimate of drug-likeness (QED) is 0.472. The molecule has 30 heavy (non-hydrogen) atoms. The van der Waals surface area contributed by atoms with E-state index in [1.54, 1.807) is 25.3 Å². The molecule has 0 aromatic heterocycles. The van der Waals surface area contributed by atoms with Crippen LogP contribution in [0, 0.1) is 5.82 Å². The van der Waals surface area contributed by atoms with Crippen molar-refractivity contribution in [1.82, 2.24) is 10.7 Å². The van der Waals surface area contributed by atoms with Gasteiger partial charge in [0.1, 0.15) is 11.9 Å². The van der Waals surface area contributed by atoms with Crippen molar-refractivity contribution in [2.24, 2.45) is 10.1 Å². The second-order valence-electron chi connectivity index (χ2n) is 6.23. The zero-order chi connectivity index (χ0) is 21.5. The SMILES string of the molecule is COc1ccc(/C=N\NC2=N[C@H](CC(=O)Nc3ccc(F)cc3)C(=O)N2)cc1OC. The Bertz CT molecular complexity index is 991. The standard InChI is InChI=1S/C20H20FN5O4/c1-29-16-8-3-12(9-17(16)30-2)11-22-26-20-24-15(19(28)25-20)10-18(27)23-14-6-4-13(21)5-7-14/h3-9,11,15H,10H2,1-2H3,(H,23,27)(H2,24,25,26,28)/b22-11-/t15-/m1/s1. The maximum absolute atomic E-state index is 12.9. The number of nitrogens with one attached hydrogen (secondary N) is 3. The first kappa shape index (κ1) is 20.8. The Morgan fingerprint density at radius 2 is 1.93 bits per heavy atom. The lowest BCUT2D eigenvalue weighted by Gasteiger charge is -2.07. The van der Waals surface area contributed by atoms with E-state index in [1.165, 1.54) is 37.6 Å². The van der Waals surface area contributed by atoms with E-state index in [4.69, 9.17) is 9.47 Å². The number of nitrogens with zero attached hydrogens (tertiary/aromatic N) is 2. The van der Waals surface area contributed by atoms with Gasteiger partial charge in [0.2, 0.25) is 11.9 Å². The molecule has 0 saturated carbocycles. The number of methoxy groups -OCH3 is 2. The summed E-state index contributed by atoms with van der Waals surface area (Å²) < 4.78 is 23.3. The summed E-state index contributed by atoms with van der Waals surface area (Å²) in [6.45, 7) is 0. The maximum atomic E-state index is 12.9. The third-order valence-corrected chi connectivity index (χ3v) is 4.13. The van der Waals surface area contributed by atoms with Gasteiger partial charge in [0.05, 0.1) is 26.9 Å². The number of rotatable bonds is 7. The van der Waals surface area contributed by atoms with Crippen LogP contribution in [0.3, 0.4) is 0 Å². The number of carbonyl (C=O) groups excluding carboxylic acids is 2. The fourth-order valence-corrected chi connectivity index (χ4v) is 2.66. The largest absolute Gasteiger partial charge is 0.493 e. The molecule has 0 fully saturated rings. The molecule has 9 nitrogen and oxygen atoms in total. The van der Waals surface area contributed by atoms with Crippen LogP contribution in [0.1, 0.15) is 12.0 Å². The van der Waals surface area contributed by atoms with Crippen LogP contribution in [-0.4, -0.2) is 44.2 Å². The fraction of sp³-hybridized carbons (Fsp3) is 0.200. The monoisotopic (exact) mass is 413 g/mol. The summed E-state index contributed by atoms with van der Waals surface area (Å²) in [5.74, 6) is 0.0408. The molecule has 1 heterocycles. The molecule has 10 heteroatoms. The van der Waals surface area contributed by atoms with Crippen molar-refractivity contribution < 1.29 is 23.5 Å². The Balaban J connectivity index is 1.55. The molecule has 0 bridgehead atoms. The number of hydrazone groups is 1. The van der Waals surface area contributed by atoms with Gasteiger partial charge in [0.25, 0.3) is 5.91 Å². The molecule has 3 rings (SSSR count). The van der Waals surface area contributed by atoms with Crippen molar-refractivity contribution in [2.75, 3.05) is 19.5 Å². The van der Waals surface area contributed by atoms with E-state index in [0.29, 0.717) is 17.2 Å². The highest BCUT2D eigenvalue weighted by atomic mass is 19.1. The van der Waals surface area contributed by atoms with Crippen molar-refractivity contribution >= 4 is 29.7 Å². The smallest absolute Gasteiger partial charge is 0.252 e. The highest BCUT2D eigenvalue weighted by Crippen LogP contribution is 2.26. The summed E-state index contributed by atoms with van der Waals surface area (Å²) in [7, 11) is 3.08. The van der Waals surface area contributed by atoms with Gasteiger partial charge in [0.15, 0.2) is 11.5 Å². The number of carbonyl (C=O) groups is 2. The van der Waals surface area contributed by atoms with Crippen LogP contribution < -0.4 is 25.5 Å². The summed E-state index contributed by atoms with van der Waals surface area (Å²) in [4.78, 5) is 28.2. The van der Waals surface area contributed by atoms with Crippen LogP contribution in [0.25, 0.3) is 0 Å². The van der Waals surface area contributed by atoms with E-state index < -0.39 is 23.7 Å². The van der Waals surface area contributed by atoms with E-state index in [-0.39, 0.29) is 12.4 Å². The second-order valence-corrected chi connectivity index (χ2v) is 6.23. The molecular weight excluding hydrogens is 393 g/mol. The minimum Gasteiger partial charge on any atom is -0.493 e. The first-order valence-electron chi connectivity index (χ1n) is 8.93. The first-order chi connectivity index (χ1) is 14.5. The van der Waals surface area contributed by atoms with E-state index in [9.17, 15) is 14.0 Å². The average Bonchev–Trinajstić information content (AvgIpc) is 3.08. The lowest BCUT2D eigenvalue weighted by Crippen LogP contribution is -2.35. The normalized spacial score (nSPS) is 15.5. The predicted octanol–water partition coefficient (Wildman–Crippen LogP) is 1.65. The summed E-state index contributed by atoms with van der Waals surface area (Å²) in [5.41, 5.74) is 3.80. The Morgan fingerprint density at radius 3 is 2.63 bits per heavy atom. The van der Waals surface area contributed by atoms with Gasteiger partial charge in [-0.2, -0.15) is 5.10 Å². The number of halogens is 1. The van der Waals surface area contributed by atoms with E-state index in [0.717, 1.165) is 5.56 Å². The highest BCUT2D eigenvalue weighted by molar-refractivity contribution is 6.07. The molecule has 0 unspecified atom stereocenters. The maximum Gasteiger partial charge on any atom is 0.252 e. The molecule has 1 atom stereocenters. The Morgan fingerprint density at radius 1 is 1.20 bits per heavy atom. The zero-order valence-electron chi connectivity index (χ0n) is 16.3. The van der Waals surface area contributed by atoms with Gasteiger partial charge in [-0.1, -0.05) is 0 Å². The van der Waals surface area contributed by atoms with Crippen molar-refractivity contribution in [3.05, 3.63) is 53.8 Å². The van der Waals surface area contributed by atoms with Crippen molar-refractivity contribution in [1.29, 1.82) is 0 Å². The molecule has 156 valence electrons. The molecule has 1 aliphatic heterocycles. The minimum absolute atomic E-state index is 0.135. The van der Waals surface area contributed by atoms with Crippen LogP contribution in [0.15, 0.2) is 52.6 Å². The molecular formula is C20H20FN5O4. The number of hydrogen-bond acceptors (Lipinski definition) is 7. The Hall–Kier alpha value is -3.95. The number of anilines is 1. The fourth-order valence-electron chi connectivity index (χ4n) is 2.66. The molecule has 2 amide bonds. The molecule has 0 spiro atoms. The minimum atomic E-state index is -0.885. The molecule has 3 N–H and O–H groups in total. The summed E-state index contributed by atoms with van der Waals surface area (Å²) in [5, 5.41) is 9.13. The lowest BCUT2D eigenvalue weighted by atomic mass is 10.2. The number of ether oxygens (including phenoxy) is 2. The molecule has 0 aliphatic carbocycles. The van der Waals surface area contributed by atoms with E-state index >= 15 is 0 Å². The summed E-state index contributed by atoms with van der Waals surface area (Å²) >= 11 is 0. The number of aliphatic imine (C=N–C) groups is 1. The molecule has 2 aromatic carbocycles. The molecule has 0 saturated heterocycles.